The topological polar surface area (TPSA) is 59.2 Å². The Morgan fingerprint density at radius 3 is 3.12 bits per heavy atom. The van der Waals surface area contributed by atoms with Crippen LogP contribution < -0.4 is 5.73 Å². The first-order chi connectivity index (χ1) is 7.70. The maximum absolute atomic E-state index is 11.9. The minimum Gasteiger partial charge on any atom is -0.335 e. The Labute approximate surface area is 95.5 Å². The third kappa shape index (κ3) is 2.07. The second-order valence-corrected chi connectivity index (χ2v) is 4.24. The summed E-state index contributed by atoms with van der Waals surface area (Å²) in [6.45, 7) is 2.82. The van der Waals surface area contributed by atoms with E-state index in [0.29, 0.717) is 0 Å². The Morgan fingerprint density at radius 2 is 2.44 bits per heavy atom. The molecule has 2 heterocycles. The number of likely N-dealkylation sites (tertiary alicyclic amines) is 1. The van der Waals surface area contributed by atoms with Gasteiger partial charge in [0.2, 0.25) is 5.91 Å². The molecule has 0 spiro atoms. The molecule has 1 aliphatic rings. The predicted octanol–water partition coefficient (Wildman–Crippen LogP) is 1.09. The van der Waals surface area contributed by atoms with Gasteiger partial charge in [0.1, 0.15) is 0 Å². The molecule has 0 aliphatic carbocycles. The molecule has 0 bridgehead atoms. The fourth-order valence-corrected chi connectivity index (χ4v) is 2.12. The molecule has 1 aromatic rings. The van der Waals surface area contributed by atoms with Crippen LogP contribution in [0.5, 0.6) is 0 Å². The number of pyridine rings is 1. The molecule has 2 rings (SSSR count). The van der Waals surface area contributed by atoms with Crippen molar-refractivity contribution in [2.24, 2.45) is 5.73 Å². The Hall–Kier alpha value is -1.42. The molecule has 0 radical (unpaired) electrons. The smallest absolute Gasteiger partial charge is 0.239 e. The molecule has 1 fully saturated rings. The number of hydrogen-bond donors (Lipinski definition) is 1. The zero-order valence-corrected chi connectivity index (χ0v) is 9.47. The van der Waals surface area contributed by atoms with E-state index in [9.17, 15) is 4.79 Å². The van der Waals surface area contributed by atoms with E-state index in [1.807, 2.05) is 24.0 Å². The zero-order valence-electron chi connectivity index (χ0n) is 9.47. The van der Waals surface area contributed by atoms with Crippen LogP contribution in [0.1, 0.15) is 31.4 Å². The lowest BCUT2D eigenvalue weighted by Gasteiger charge is -2.35. The second kappa shape index (κ2) is 4.61. The van der Waals surface area contributed by atoms with Gasteiger partial charge in [0, 0.05) is 18.9 Å². The van der Waals surface area contributed by atoms with E-state index < -0.39 is 0 Å². The van der Waals surface area contributed by atoms with Crippen LogP contribution in [-0.2, 0) is 4.79 Å². The monoisotopic (exact) mass is 219 g/mol. The SMILES string of the molecule is CC(c1cccnc1)N1CCCC(N)C1=O. The third-order valence-corrected chi connectivity index (χ3v) is 3.15. The van der Waals surface area contributed by atoms with Crippen LogP contribution in [0.15, 0.2) is 24.5 Å². The molecule has 4 nitrogen and oxygen atoms in total. The standard InChI is InChI=1S/C12H17N3O/c1-9(10-4-2-6-14-8-10)15-7-3-5-11(13)12(15)16/h2,4,6,8-9,11H,3,5,7,13H2,1H3. The summed E-state index contributed by atoms with van der Waals surface area (Å²) in [7, 11) is 0. The molecule has 2 atom stereocenters. The highest BCUT2D eigenvalue weighted by atomic mass is 16.2. The number of nitrogens with zero attached hydrogens (tertiary/aromatic N) is 2. The second-order valence-electron chi connectivity index (χ2n) is 4.24. The van der Waals surface area contributed by atoms with Gasteiger partial charge >= 0.3 is 0 Å². The van der Waals surface area contributed by atoms with Crippen molar-refractivity contribution in [2.75, 3.05) is 6.54 Å². The van der Waals surface area contributed by atoms with Gasteiger partial charge in [0.05, 0.1) is 12.1 Å². The molecule has 2 N–H and O–H groups in total. The maximum Gasteiger partial charge on any atom is 0.239 e. The van der Waals surface area contributed by atoms with Gasteiger partial charge in [-0.2, -0.15) is 0 Å². The van der Waals surface area contributed by atoms with Crippen molar-refractivity contribution in [3.63, 3.8) is 0 Å². The molecular formula is C12H17N3O. The molecule has 4 heteroatoms. The molecule has 0 aromatic carbocycles. The molecule has 1 saturated heterocycles. The summed E-state index contributed by atoms with van der Waals surface area (Å²) in [5.41, 5.74) is 6.84. The number of piperidine rings is 1. The average Bonchev–Trinajstić information content (AvgIpc) is 2.33. The number of carbonyl (C=O) groups is 1. The van der Waals surface area contributed by atoms with Crippen LogP contribution in [-0.4, -0.2) is 28.4 Å². The summed E-state index contributed by atoms with van der Waals surface area (Å²) >= 11 is 0. The van der Waals surface area contributed by atoms with Crippen molar-refractivity contribution in [2.45, 2.75) is 31.8 Å². The molecule has 1 aromatic heterocycles. The van der Waals surface area contributed by atoms with E-state index in [4.69, 9.17) is 5.73 Å². The first-order valence-corrected chi connectivity index (χ1v) is 5.66. The van der Waals surface area contributed by atoms with Crippen molar-refractivity contribution in [1.82, 2.24) is 9.88 Å². The molecule has 1 aliphatic heterocycles. The summed E-state index contributed by atoms with van der Waals surface area (Å²) in [5, 5.41) is 0. The van der Waals surface area contributed by atoms with Gasteiger partial charge in [0.15, 0.2) is 0 Å². The number of rotatable bonds is 2. The lowest BCUT2D eigenvalue weighted by molar-refractivity contribution is -0.137. The van der Waals surface area contributed by atoms with Crippen molar-refractivity contribution in [3.8, 4) is 0 Å². The number of nitrogens with two attached hydrogens (primary N) is 1. The van der Waals surface area contributed by atoms with Crippen molar-refractivity contribution in [3.05, 3.63) is 30.1 Å². The highest BCUT2D eigenvalue weighted by Crippen LogP contribution is 2.23. The fraction of sp³-hybridized carbons (Fsp3) is 0.500. The lowest BCUT2D eigenvalue weighted by Crippen LogP contribution is -2.49. The summed E-state index contributed by atoms with van der Waals surface area (Å²) in [6, 6.07) is 3.62. The van der Waals surface area contributed by atoms with Crippen LogP contribution in [0.2, 0.25) is 0 Å². The Bertz CT molecular complexity index is 366. The number of hydrogen-bond acceptors (Lipinski definition) is 3. The number of aromatic nitrogens is 1. The lowest BCUT2D eigenvalue weighted by atomic mass is 10.0. The van der Waals surface area contributed by atoms with E-state index in [-0.39, 0.29) is 18.0 Å². The van der Waals surface area contributed by atoms with Gasteiger partial charge < -0.3 is 10.6 Å². The summed E-state index contributed by atoms with van der Waals surface area (Å²) in [5.74, 6) is 0.0580. The van der Waals surface area contributed by atoms with Crippen LogP contribution >= 0.6 is 0 Å². The highest BCUT2D eigenvalue weighted by Gasteiger charge is 2.29. The van der Waals surface area contributed by atoms with E-state index in [1.54, 1.807) is 12.4 Å². The Balaban J connectivity index is 2.15. The van der Waals surface area contributed by atoms with E-state index in [1.165, 1.54) is 0 Å². The van der Waals surface area contributed by atoms with Gasteiger partial charge in [0.25, 0.3) is 0 Å². The summed E-state index contributed by atoms with van der Waals surface area (Å²) in [4.78, 5) is 17.8. The molecule has 1 amide bonds. The quantitative estimate of drug-likeness (QED) is 0.810. The summed E-state index contributed by atoms with van der Waals surface area (Å²) < 4.78 is 0. The normalized spacial score (nSPS) is 23.2. The third-order valence-electron chi connectivity index (χ3n) is 3.15. The largest absolute Gasteiger partial charge is 0.335 e. The molecule has 16 heavy (non-hydrogen) atoms. The first kappa shape index (κ1) is 11.1. The van der Waals surface area contributed by atoms with Gasteiger partial charge in [-0.3, -0.25) is 9.78 Å². The van der Waals surface area contributed by atoms with Gasteiger partial charge in [-0.25, -0.2) is 0 Å². The Kier molecular flexibility index (Phi) is 3.19. The minimum atomic E-state index is -0.326. The first-order valence-electron chi connectivity index (χ1n) is 5.66. The summed E-state index contributed by atoms with van der Waals surface area (Å²) in [6.07, 6.45) is 5.32. The molecule has 86 valence electrons. The van der Waals surface area contributed by atoms with Gasteiger partial charge in [-0.1, -0.05) is 6.07 Å². The highest BCUT2D eigenvalue weighted by molar-refractivity contribution is 5.82. The van der Waals surface area contributed by atoms with Crippen molar-refractivity contribution < 1.29 is 4.79 Å². The molecule has 0 saturated carbocycles. The van der Waals surface area contributed by atoms with Crippen molar-refractivity contribution in [1.29, 1.82) is 0 Å². The van der Waals surface area contributed by atoms with Crippen LogP contribution in [0.4, 0.5) is 0 Å². The van der Waals surface area contributed by atoms with E-state index >= 15 is 0 Å². The van der Waals surface area contributed by atoms with E-state index in [0.717, 1.165) is 24.9 Å². The minimum absolute atomic E-state index is 0.0580. The van der Waals surface area contributed by atoms with E-state index in [2.05, 4.69) is 4.98 Å². The predicted molar refractivity (Wildman–Crippen MR) is 61.6 cm³/mol. The van der Waals surface area contributed by atoms with Crippen LogP contribution in [0.25, 0.3) is 0 Å². The van der Waals surface area contributed by atoms with Crippen LogP contribution in [0, 0.1) is 0 Å². The van der Waals surface area contributed by atoms with Gasteiger partial charge in [-0.05, 0) is 31.4 Å². The zero-order chi connectivity index (χ0) is 11.5. The number of carbonyl (C=O) groups excluding carboxylic acids is 1. The molecule has 2 unspecified atom stereocenters. The number of amides is 1. The fourth-order valence-electron chi connectivity index (χ4n) is 2.12. The maximum atomic E-state index is 11.9. The Morgan fingerprint density at radius 1 is 1.62 bits per heavy atom. The van der Waals surface area contributed by atoms with Gasteiger partial charge in [-0.15, -0.1) is 0 Å². The van der Waals surface area contributed by atoms with Crippen molar-refractivity contribution >= 4 is 5.91 Å². The molecular weight excluding hydrogens is 202 g/mol. The average molecular weight is 219 g/mol. The van der Waals surface area contributed by atoms with Crippen LogP contribution in [0.3, 0.4) is 0 Å².